The second kappa shape index (κ2) is 8.56. The lowest BCUT2D eigenvalue weighted by Gasteiger charge is -2.30. The summed E-state index contributed by atoms with van der Waals surface area (Å²) in [6.45, 7) is 0.873. The lowest BCUT2D eigenvalue weighted by molar-refractivity contribution is -0.143. The first kappa shape index (κ1) is 19.4. The van der Waals surface area contributed by atoms with Crippen LogP contribution in [0.15, 0.2) is 48.5 Å². The first-order valence-electron chi connectivity index (χ1n) is 9.05. The van der Waals surface area contributed by atoms with E-state index in [9.17, 15) is 14.4 Å². The molecular weight excluding hydrogens is 360 g/mol. The topological polar surface area (TPSA) is 95.9 Å². The van der Waals surface area contributed by atoms with Crippen LogP contribution in [0, 0.1) is 5.92 Å². The Balaban J connectivity index is 1.59. The molecule has 1 aliphatic heterocycles. The highest BCUT2D eigenvalue weighted by Gasteiger charge is 2.27. The summed E-state index contributed by atoms with van der Waals surface area (Å²) in [6.07, 6.45) is 0.939. The summed E-state index contributed by atoms with van der Waals surface area (Å²) in [6, 6.07) is 13.5. The predicted molar refractivity (Wildman–Crippen MR) is 104 cm³/mol. The van der Waals surface area contributed by atoms with Crippen LogP contribution in [-0.4, -0.2) is 48.0 Å². The molecule has 1 heterocycles. The van der Waals surface area contributed by atoms with Crippen molar-refractivity contribution in [3.63, 3.8) is 0 Å². The van der Waals surface area contributed by atoms with Crippen molar-refractivity contribution in [1.29, 1.82) is 0 Å². The van der Waals surface area contributed by atoms with Gasteiger partial charge in [-0.25, -0.2) is 0 Å². The molecule has 0 saturated carbocycles. The normalized spacial score (nSPS) is 14.4. The molecule has 0 aliphatic carbocycles. The summed E-state index contributed by atoms with van der Waals surface area (Å²) in [5.74, 6) is -0.884. The molecule has 0 bridgehead atoms. The maximum Gasteiger partial charge on any atom is 0.306 e. The summed E-state index contributed by atoms with van der Waals surface area (Å²) in [5.41, 5.74) is 1.60. The van der Waals surface area contributed by atoms with Crippen LogP contribution in [0.25, 0.3) is 0 Å². The first-order chi connectivity index (χ1) is 13.5. The van der Waals surface area contributed by atoms with E-state index >= 15 is 0 Å². The Kier molecular flexibility index (Phi) is 5.93. The number of carbonyl (C=O) groups excluding carboxylic acids is 2. The predicted octanol–water partition coefficient (Wildman–Crippen LogP) is 2.88. The van der Waals surface area contributed by atoms with Crippen LogP contribution < -0.4 is 10.1 Å². The summed E-state index contributed by atoms with van der Waals surface area (Å²) in [4.78, 5) is 37.5. The van der Waals surface area contributed by atoms with Gasteiger partial charge in [0.2, 0.25) is 0 Å². The van der Waals surface area contributed by atoms with E-state index in [1.165, 1.54) is 0 Å². The number of likely N-dealkylation sites (tertiary alicyclic amines) is 1. The van der Waals surface area contributed by atoms with Gasteiger partial charge in [-0.1, -0.05) is 0 Å². The van der Waals surface area contributed by atoms with Crippen molar-refractivity contribution in [3.05, 3.63) is 59.7 Å². The zero-order valence-electron chi connectivity index (χ0n) is 15.6. The number of nitrogens with one attached hydrogen (secondary N) is 1. The van der Waals surface area contributed by atoms with Crippen molar-refractivity contribution in [3.8, 4) is 5.75 Å². The molecule has 28 heavy (non-hydrogen) atoms. The fraction of sp³-hybridized carbons (Fsp3) is 0.286. The Morgan fingerprint density at radius 3 is 2.07 bits per heavy atom. The van der Waals surface area contributed by atoms with E-state index in [1.54, 1.807) is 60.5 Å². The minimum Gasteiger partial charge on any atom is -0.497 e. The number of benzene rings is 2. The van der Waals surface area contributed by atoms with E-state index in [-0.39, 0.29) is 17.7 Å². The Morgan fingerprint density at radius 1 is 0.964 bits per heavy atom. The molecule has 0 aromatic heterocycles. The summed E-state index contributed by atoms with van der Waals surface area (Å²) < 4.78 is 5.07. The second-order valence-electron chi connectivity index (χ2n) is 6.66. The van der Waals surface area contributed by atoms with Gasteiger partial charge >= 0.3 is 5.97 Å². The quantitative estimate of drug-likeness (QED) is 0.829. The van der Waals surface area contributed by atoms with Crippen molar-refractivity contribution in [2.45, 2.75) is 12.8 Å². The average molecular weight is 382 g/mol. The van der Waals surface area contributed by atoms with Gasteiger partial charge in [-0.05, 0) is 61.4 Å². The zero-order valence-corrected chi connectivity index (χ0v) is 15.6. The molecule has 0 atom stereocenters. The number of nitrogens with zero attached hydrogens (tertiary/aromatic N) is 1. The Hall–Kier alpha value is -3.35. The molecule has 0 spiro atoms. The molecule has 2 amide bonds. The maximum absolute atomic E-state index is 12.6. The third-order valence-corrected chi connectivity index (χ3v) is 4.87. The van der Waals surface area contributed by atoms with Crippen LogP contribution in [0.4, 0.5) is 5.69 Å². The highest BCUT2D eigenvalue weighted by Crippen LogP contribution is 2.20. The number of rotatable bonds is 5. The van der Waals surface area contributed by atoms with Crippen molar-refractivity contribution in [2.24, 2.45) is 5.92 Å². The Morgan fingerprint density at radius 2 is 1.54 bits per heavy atom. The molecule has 2 N–H and O–H groups in total. The number of carboxylic acids is 1. The lowest BCUT2D eigenvalue weighted by atomic mass is 9.96. The molecule has 0 unspecified atom stereocenters. The van der Waals surface area contributed by atoms with E-state index in [0.717, 1.165) is 0 Å². The van der Waals surface area contributed by atoms with E-state index in [2.05, 4.69) is 5.32 Å². The minimum absolute atomic E-state index is 0.128. The maximum atomic E-state index is 12.6. The lowest BCUT2D eigenvalue weighted by Crippen LogP contribution is -2.40. The van der Waals surface area contributed by atoms with Gasteiger partial charge in [0.1, 0.15) is 5.75 Å². The molecule has 0 radical (unpaired) electrons. The molecule has 146 valence electrons. The van der Waals surface area contributed by atoms with Gasteiger partial charge in [-0.2, -0.15) is 0 Å². The van der Waals surface area contributed by atoms with Crippen molar-refractivity contribution < 1.29 is 24.2 Å². The average Bonchev–Trinajstić information content (AvgIpc) is 2.74. The number of hydrogen-bond donors (Lipinski definition) is 2. The van der Waals surface area contributed by atoms with E-state index in [0.29, 0.717) is 48.5 Å². The van der Waals surface area contributed by atoms with Crippen LogP contribution in [0.5, 0.6) is 5.75 Å². The fourth-order valence-corrected chi connectivity index (χ4v) is 3.15. The van der Waals surface area contributed by atoms with Crippen LogP contribution in [-0.2, 0) is 4.79 Å². The van der Waals surface area contributed by atoms with E-state index in [4.69, 9.17) is 9.84 Å². The van der Waals surface area contributed by atoms with Gasteiger partial charge in [0, 0.05) is 29.9 Å². The highest BCUT2D eigenvalue weighted by molar-refractivity contribution is 6.04. The third kappa shape index (κ3) is 4.49. The summed E-state index contributed by atoms with van der Waals surface area (Å²) >= 11 is 0. The number of ether oxygens (including phenoxy) is 1. The van der Waals surface area contributed by atoms with Gasteiger partial charge in [-0.15, -0.1) is 0 Å². The minimum atomic E-state index is -0.802. The SMILES string of the molecule is COc1ccc(C(=O)Nc2ccc(C(=O)N3CCC(C(=O)O)CC3)cc2)cc1. The van der Waals surface area contributed by atoms with Crippen LogP contribution in [0.2, 0.25) is 0 Å². The van der Waals surface area contributed by atoms with E-state index in [1.807, 2.05) is 0 Å². The third-order valence-electron chi connectivity index (χ3n) is 4.87. The summed E-state index contributed by atoms with van der Waals surface area (Å²) in [7, 11) is 1.56. The summed E-state index contributed by atoms with van der Waals surface area (Å²) in [5, 5.41) is 11.8. The first-order valence-corrected chi connectivity index (χ1v) is 9.05. The van der Waals surface area contributed by atoms with Gasteiger partial charge in [0.05, 0.1) is 13.0 Å². The largest absolute Gasteiger partial charge is 0.497 e. The van der Waals surface area contributed by atoms with Crippen molar-refractivity contribution in [2.75, 3.05) is 25.5 Å². The fourth-order valence-electron chi connectivity index (χ4n) is 3.15. The van der Waals surface area contributed by atoms with E-state index < -0.39 is 5.97 Å². The standard InChI is InChI=1S/C21H22N2O5/c1-28-18-8-4-14(5-9-18)19(24)22-17-6-2-15(3-7-17)20(25)23-12-10-16(11-13-23)21(26)27/h2-9,16H,10-13H2,1H3,(H,22,24)(H,26,27). The van der Waals surface area contributed by atoms with Gasteiger partial charge in [-0.3, -0.25) is 14.4 Å². The van der Waals surface area contributed by atoms with Crippen molar-refractivity contribution >= 4 is 23.5 Å². The van der Waals surface area contributed by atoms with Gasteiger partial charge in [0.15, 0.2) is 0 Å². The highest BCUT2D eigenvalue weighted by atomic mass is 16.5. The molecule has 7 heteroatoms. The molecule has 1 saturated heterocycles. The Labute approximate surface area is 162 Å². The van der Waals surface area contributed by atoms with Gasteiger partial charge in [0.25, 0.3) is 11.8 Å². The molecule has 1 aliphatic rings. The number of piperidine rings is 1. The molecule has 3 rings (SSSR count). The monoisotopic (exact) mass is 382 g/mol. The van der Waals surface area contributed by atoms with Crippen molar-refractivity contribution in [1.82, 2.24) is 4.90 Å². The second-order valence-corrected chi connectivity index (χ2v) is 6.66. The number of carbonyl (C=O) groups is 3. The van der Waals surface area contributed by atoms with Crippen LogP contribution in [0.3, 0.4) is 0 Å². The number of carboxylic acid groups (broad SMARTS) is 1. The molecule has 1 fully saturated rings. The smallest absolute Gasteiger partial charge is 0.306 e. The number of aliphatic carboxylic acids is 1. The molecule has 7 nitrogen and oxygen atoms in total. The number of hydrogen-bond acceptors (Lipinski definition) is 4. The number of anilines is 1. The zero-order chi connectivity index (χ0) is 20.1. The number of methoxy groups -OCH3 is 1. The van der Waals surface area contributed by atoms with Crippen LogP contribution >= 0.6 is 0 Å². The number of amides is 2. The molecule has 2 aromatic rings. The van der Waals surface area contributed by atoms with Gasteiger partial charge < -0.3 is 20.1 Å². The Bertz CT molecular complexity index is 853. The van der Waals surface area contributed by atoms with Crippen LogP contribution in [0.1, 0.15) is 33.6 Å². The molecular formula is C21H22N2O5. The molecule has 2 aromatic carbocycles.